The highest BCUT2D eigenvalue weighted by molar-refractivity contribution is 5.93. The quantitative estimate of drug-likeness (QED) is 0.456. The van der Waals surface area contributed by atoms with E-state index >= 15 is 0 Å². The van der Waals surface area contributed by atoms with Crippen LogP contribution in [-0.2, 0) is 7.05 Å². The monoisotopic (exact) mass is 402 g/mol. The average molecular weight is 402 g/mol. The van der Waals surface area contributed by atoms with Gasteiger partial charge in [0.25, 0.3) is 0 Å². The SMILES string of the molecule is CCN(c1nc(Nc2ccc3c(cnn3C)c2)ncc1F)c1cccc2[nH]ncc12. The first-order chi connectivity index (χ1) is 14.6. The van der Waals surface area contributed by atoms with Gasteiger partial charge >= 0.3 is 0 Å². The van der Waals surface area contributed by atoms with Gasteiger partial charge in [-0.2, -0.15) is 15.2 Å². The summed E-state index contributed by atoms with van der Waals surface area (Å²) < 4.78 is 16.5. The van der Waals surface area contributed by atoms with Crippen LogP contribution in [0.5, 0.6) is 0 Å². The minimum atomic E-state index is -0.495. The van der Waals surface area contributed by atoms with Crippen LogP contribution in [0.3, 0.4) is 0 Å². The first-order valence-corrected chi connectivity index (χ1v) is 9.55. The molecule has 0 saturated heterocycles. The van der Waals surface area contributed by atoms with Crippen molar-refractivity contribution in [2.75, 3.05) is 16.8 Å². The van der Waals surface area contributed by atoms with Crippen LogP contribution in [-0.4, -0.2) is 36.5 Å². The summed E-state index contributed by atoms with van der Waals surface area (Å²) in [5.41, 5.74) is 3.52. The number of hydrogen-bond acceptors (Lipinski definition) is 6. The number of hydrogen-bond donors (Lipinski definition) is 2. The van der Waals surface area contributed by atoms with Gasteiger partial charge < -0.3 is 10.2 Å². The molecule has 0 unspecified atom stereocenters. The highest BCUT2D eigenvalue weighted by atomic mass is 19.1. The zero-order chi connectivity index (χ0) is 20.7. The second-order valence-corrected chi connectivity index (χ2v) is 6.88. The third kappa shape index (κ3) is 3.00. The normalized spacial score (nSPS) is 11.3. The molecule has 3 aromatic heterocycles. The molecule has 2 aromatic carbocycles. The van der Waals surface area contributed by atoms with Gasteiger partial charge in [0.05, 0.1) is 35.3 Å². The standard InChI is InChI=1S/C21H19FN8/c1-3-30(19-6-4-5-17-15(19)11-24-28-17)20-16(22)12-23-21(27-20)26-14-7-8-18-13(9-14)10-25-29(18)2/h4-12H,3H2,1-2H3,(H,24,28)(H,23,26,27). The fraction of sp³-hybridized carbons (Fsp3) is 0.143. The highest BCUT2D eigenvalue weighted by Gasteiger charge is 2.18. The summed E-state index contributed by atoms with van der Waals surface area (Å²) in [4.78, 5) is 10.4. The number of rotatable bonds is 5. The van der Waals surface area contributed by atoms with Crippen LogP contribution in [0.25, 0.3) is 21.8 Å². The van der Waals surface area contributed by atoms with E-state index in [4.69, 9.17) is 0 Å². The summed E-state index contributed by atoms with van der Waals surface area (Å²) in [7, 11) is 1.89. The van der Waals surface area contributed by atoms with Gasteiger partial charge in [-0.05, 0) is 37.3 Å². The van der Waals surface area contributed by atoms with Crippen molar-refractivity contribution in [1.82, 2.24) is 29.9 Å². The molecule has 150 valence electrons. The predicted molar refractivity (Wildman–Crippen MR) is 115 cm³/mol. The van der Waals surface area contributed by atoms with E-state index in [1.807, 2.05) is 55.3 Å². The number of nitrogens with zero attached hydrogens (tertiary/aromatic N) is 6. The summed E-state index contributed by atoms with van der Waals surface area (Å²) >= 11 is 0. The second-order valence-electron chi connectivity index (χ2n) is 6.88. The van der Waals surface area contributed by atoms with E-state index in [1.165, 1.54) is 6.20 Å². The molecule has 0 fully saturated rings. The fourth-order valence-electron chi connectivity index (χ4n) is 3.60. The lowest BCUT2D eigenvalue weighted by molar-refractivity contribution is 0.612. The maximum atomic E-state index is 14.7. The molecule has 30 heavy (non-hydrogen) atoms. The molecule has 0 atom stereocenters. The number of aromatic nitrogens is 6. The van der Waals surface area contributed by atoms with Crippen LogP contribution in [0.1, 0.15) is 6.92 Å². The second kappa shape index (κ2) is 7.11. The van der Waals surface area contributed by atoms with Crippen LogP contribution >= 0.6 is 0 Å². The topological polar surface area (TPSA) is 87.5 Å². The van der Waals surface area contributed by atoms with Gasteiger partial charge in [0.2, 0.25) is 5.95 Å². The summed E-state index contributed by atoms with van der Waals surface area (Å²) in [5, 5.41) is 16.3. The van der Waals surface area contributed by atoms with E-state index in [0.717, 1.165) is 33.2 Å². The van der Waals surface area contributed by atoms with Crippen molar-refractivity contribution in [2.24, 2.45) is 7.05 Å². The van der Waals surface area contributed by atoms with Crippen molar-refractivity contribution in [3.05, 3.63) is 60.8 Å². The van der Waals surface area contributed by atoms with Crippen LogP contribution in [0.4, 0.5) is 27.5 Å². The minimum absolute atomic E-state index is 0.200. The van der Waals surface area contributed by atoms with Crippen LogP contribution in [0, 0.1) is 5.82 Å². The first-order valence-electron chi connectivity index (χ1n) is 9.55. The molecule has 3 heterocycles. The van der Waals surface area contributed by atoms with E-state index in [1.54, 1.807) is 17.1 Å². The van der Waals surface area contributed by atoms with E-state index in [9.17, 15) is 4.39 Å². The molecule has 0 aliphatic heterocycles. The largest absolute Gasteiger partial charge is 0.324 e. The molecule has 0 spiro atoms. The van der Waals surface area contributed by atoms with E-state index in [0.29, 0.717) is 12.5 Å². The number of fused-ring (bicyclic) bond motifs is 2. The fourth-order valence-corrected chi connectivity index (χ4v) is 3.60. The molecule has 0 aliphatic carbocycles. The molecule has 9 heteroatoms. The van der Waals surface area contributed by atoms with Crippen molar-refractivity contribution in [1.29, 1.82) is 0 Å². The summed E-state index contributed by atoms with van der Waals surface area (Å²) in [6.45, 7) is 2.48. The molecular formula is C21H19FN8. The zero-order valence-corrected chi connectivity index (χ0v) is 16.5. The van der Waals surface area contributed by atoms with E-state index in [2.05, 4.69) is 30.6 Å². The molecule has 8 nitrogen and oxygen atoms in total. The zero-order valence-electron chi connectivity index (χ0n) is 16.5. The molecule has 2 N–H and O–H groups in total. The molecule has 0 aliphatic rings. The van der Waals surface area contributed by atoms with E-state index < -0.39 is 5.82 Å². The van der Waals surface area contributed by atoms with Gasteiger partial charge in [-0.1, -0.05) is 6.07 Å². The number of halogens is 1. The number of nitrogens with one attached hydrogen (secondary N) is 2. The number of aromatic amines is 1. The molecule has 5 aromatic rings. The van der Waals surface area contributed by atoms with Crippen molar-refractivity contribution in [3.63, 3.8) is 0 Å². The summed E-state index contributed by atoms with van der Waals surface area (Å²) in [5.74, 6) is 0.0178. The third-order valence-electron chi connectivity index (χ3n) is 5.05. The Balaban J connectivity index is 1.52. The van der Waals surface area contributed by atoms with E-state index in [-0.39, 0.29) is 5.82 Å². The predicted octanol–water partition coefficient (Wildman–Crippen LogP) is 4.28. The minimum Gasteiger partial charge on any atom is -0.324 e. The number of H-pyrrole nitrogens is 1. The van der Waals surface area contributed by atoms with Gasteiger partial charge in [-0.3, -0.25) is 9.78 Å². The Bertz CT molecular complexity index is 1360. The lowest BCUT2D eigenvalue weighted by Gasteiger charge is -2.23. The van der Waals surface area contributed by atoms with Crippen molar-refractivity contribution >= 4 is 44.9 Å². The Morgan fingerprint density at radius 1 is 1.17 bits per heavy atom. The molecule has 0 radical (unpaired) electrons. The first kappa shape index (κ1) is 18.0. The number of benzene rings is 2. The van der Waals surface area contributed by atoms with Crippen LogP contribution in [0.15, 0.2) is 55.0 Å². The number of anilines is 4. The Hall–Kier alpha value is -4.01. The lowest BCUT2D eigenvalue weighted by Crippen LogP contribution is -2.20. The molecule has 5 rings (SSSR count). The molecular weight excluding hydrogens is 383 g/mol. The van der Waals surface area contributed by atoms with Gasteiger partial charge in [0, 0.05) is 30.1 Å². The van der Waals surface area contributed by atoms with Crippen LogP contribution in [0.2, 0.25) is 0 Å². The van der Waals surface area contributed by atoms with Gasteiger partial charge in [-0.25, -0.2) is 9.37 Å². The Labute approximate surface area is 171 Å². The average Bonchev–Trinajstić information content (AvgIpc) is 3.38. The Kier molecular flexibility index (Phi) is 4.27. The highest BCUT2D eigenvalue weighted by Crippen LogP contribution is 2.32. The van der Waals surface area contributed by atoms with Gasteiger partial charge in [0.15, 0.2) is 11.6 Å². The summed E-state index contributed by atoms with van der Waals surface area (Å²) in [6.07, 6.45) is 4.71. The summed E-state index contributed by atoms with van der Waals surface area (Å²) in [6, 6.07) is 11.6. The van der Waals surface area contributed by atoms with Gasteiger partial charge in [0.1, 0.15) is 0 Å². The molecule has 0 bridgehead atoms. The smallest absolute Gasteiger partial charge is 0.229 e. The maximum absolute atomic E-state index is 14.7. The van der Waals surface area contributed by atoms with Crippen molar-refractivity contribution in [3.8, 4) is 0 Å². The van der Waals surface area contributed by atoms with Crippen LogP contribution < -0.4 is 10.2 Å². The van der Waals surface area contributed by atoms with Crippen molar-refractivity contribution < 1.29 is 4.39 Å². The number of aryl methyl sites for hydroxylation is 1. The van der Waals surface area contributed by atoms with Crippen molar-refractivity contribution in [2.45, 2.75) is 6.92 Å². The Morgan fingerprint density at radius 3 is 2.93 bits per heavy atom. The maximum Gasteiger partial charge on any atom is 0.229 e. The Morgan fingerprint density at radius 2 is 2.07 bits per heavy atom. The molecule has 0 amide bonds. The molecule has 0 saturated carbocycles. The lowest BCUT2D eigenvalue weighted by atomic mass is 10.2. The van der Waals surface area contributed by atoms with Gasteiger partial charge in [-0.15, -0.1) is 0 Å². The third-order valence-corrected chi connectivity index (χ3v) is 5.05.